The van der Waals surface area contributed by atoms with Gasteiger partial charge >= 0.3 is 0 Å². The van der Waals surface area contributed by atoms with Crippen LogP contribution < -0.4 is 0 Å². The van der Waals surface area contributed by atoms with Crippen molar-refractivity contribution in [3.8, 4) is 0 Å². The number of hydrogen-bond acceptors (Lipinski definition) is 3. The summed E-state index contributed by atoms with van der Waals surface area (Å²) in [5.41, 5.74) is 2.21. The third-order valence-corrected chi connectivity index (χ3v) is 3.89. The molecule has 18 heavy (non-hydrogen) atoms. The van der Waals surface area contributed by atoms with Gasteiger partial charge in [-0.1, -0.05) is 30.4 Å². The Kier molecular flexibility index (Phi) is 3.32. The van der Waals surface area contributed by atoms with Crippen LogP contribution >= 0.6 is 0 Å². The average molecular weight is 260 g/mol. The van der Waals surface area contributed by atoms with Crippen LogP contribution in [-0.2, 0) is 14.6 Å². The van der Waals surface area contributed by atoms with E-state index in [1.165, 1.54) is 6.26 Å². The second-order valence-corrected chi connectivity index (χ2v) is 6.11. The number of hydrogen-bond donors (Lipinski definition) is 0. The van der Waals surface area contributed by atoms with Gasteiger partial charge in [-0.05, 0) is 23.3 Å². The van der Waals surface area contributed by atoms with Gasteiger partial charge in [-0.3, -0.25) is 0 Å². The van der Waals surface area contributed by atoms with Crippen LogP contribution in [0.5, 0.6) is 0 Å². The molecule has 1 aromatic carbocycles. The molecule has 1 aliphatic rings. The summed E-state index contributed by atoms with van der Waals surface area (Å²) in [6, 6.07) is 6.51. The van der Waals surface area contributed by atoms with Crippen LogP contribution in [0.3, 0.4) is 0 Å². The van der Waals surface area contributed by atoms with Crippen LogP contribution in [0.2, 0.25) is 0 Å². The molecule has 0 saturated heterocycles. The summed E-state index contributed by atoms with van der Waals surface area (Å²) in [5, 5.41) is 0. The van der Waals surface area contributed by atoms with E-state index in [-0.39, 0.29) is 4.90 Å². The maximum absolute atomic E-state index is 11.3. The molecule has 1 aromatic rings. The van der Waals surface area contributed by atoms with E-state index in [0.29, 0.717) is 12.0 Å². The van der Waals surface area contributed by atoms with Gasteiger partial charge in [0.2, 0.25) is 0 Å². The van der Waals surface area contributed by atoms with Gasteiger partial charge in [0.1, 0.15) is 5.94 Å². The second kappa shape index (κ2) is 4.77. The van der Waals surface area contributed by atoms with Gasteiger partial charge in [0, 0.05) is 18.2 Å². The van der Waals surface area contributed by atoms with E-state index in [4.69, 9.17) is 0 Å². The van der Waals surface area contributed by atoms with Crippen LogP contribution in [0.25, 0.3) is 5.57 Å². The van der Waals surface area contributed by atoms with Crippen molar-refractivity contribution in [1.29, 1.82) is 0 Å². The van der Waals surface area contributed by atoms with Crippen LogP contribution in [-0.4, -0.2) is 20.6 Å². The highest BCUT2D eigenvalue weighted by Gasteiger charge is 2.12. The van der Waals surface area contributed by atoms with E-state index < -0.39 is 9.84 Å². The summed E-state index contributed by atoms with van der Waals surface area (Å²) in [6.45, 7) is 0. The Labute approximate surface area is 106 Å². The minimum atomic E-state index is -3.19. The summed E-state index contributed by atoms with van der Waals surface area (Å²) in [6.07, 6.45) is 7.32. The molecule has 0 aliphatic heterocycles. The Morgan fingerprint density at radius 3 is 2.39 bits per heavy atom. The molecule has 0 atom stereocenters. The summed E-state index contributed by atoms with van der Waals surface area (Å²) >= 11 is 0. The van der Waals surface area contributed by atoms with Crippen molar-refractivity contribution in [3.05, 3.63) is 53.6 Å². The Morgan fingerprint density at radius 1 is 1.17 bits per heavy atom. The molecule has 2 rings (SSSR count). The molecule has 0 fully saturated rings. The van der Waals surface area contributed by atoms with Crippen molar-refractivity contribution in [2.45, 2.75) is 11.3 Å². The van der Waals surface area contributed by atoms with E-state index in [0.717, 1.165) is 11.1 Å². The van der Waals surface area contributed by atoms with Crippen LogP contribution in [0, 0.1) is 0 Å². The highest BCUT2D eigenvalue weighted by Crippen LogP contribution is 2.27. The lowest BCUT2D eigenvalue weighted by molar-refractivity contribution is 0.567. The molecule has 0 amide bonds. The van der Waals surface area contributed by atoms with Gasteiger partial charge in [-0.25, -0.2) is 13.2 Å². The summed E-state index contributed by atoms with van der Waals surface area (Å²) < 4.78 is 22.7. The number of allylic oxidation sites excluding steroid dienone is 5. The van der Waals surface area contributed by atoms with Crippen molar-refractivity contribution >= 4 is 21.4 Å². The Morgan fingerprint density at radius 2 is 1.83 bits per heavy atom. The lowest BCUT2D eigenvalue weighted by Crippen LogP contribution is -1.98. The number of carbonyl (C=O) groups excluding carboxylic acids is 1. The van der Waals surface area contributed by atoms with Gasteiger partial charge in [0.05, 0.1) is 4.90 Å². The lowest BCUT2D eigenvalue weighted by atomic mass is 9.93. The van der Waals surface area contributed by atoms with Gasteiger partial charge in [-0.15, -0.1) is 0 Å². The Balaban J connectivity index is 2.44. The van der Waals surface area contributed by atoms with E-state index in [2.05, 4.69) is 0 Å². The quantitative estimate of drug-likeness (QED) is 0.766. The third-order valence-electron chi connectivity index (χ3n) is 2.76. The molecule has 0 N–H and O–H groups in total. The molecule has 0 saturated carbocycles. The third kappa shape index (κ3) is 2.50. The first-order valence-electron chi connectivity index (χ1n) is 5.44. The zero-order chi connectivity index (χ0) is 13.2. The van der Waals surface area contributed by atoms with Crippen LogP contribution in [0.15, 0.2) is 53.0 Å². The van der Waals surface area contributed by atoms with Gasteiger partial charge in [-0.2, -0.15) is 0 Å². The molecule has 0 spiro atoms. The van der Waals surface area contributed by atoms with Gasteiger partial charge in [0.25, 0.3) is 0 Å². The molecule has 4 heteroatoms. The maximum atomic E-state index is 11.3. The standard InChI is InChI=1S/C14H12O3S/c1-18(16,17)13-8-6-11(7-9-13)14-5-3-2-4-12(14)10-15/h2-3,5-9H,4H2,1H3. The molecule has 0 aromatic heterocycles. The first-order valence-corrected chi connectivity index (χ1v) is 7.33. The monoisotopic (exact) mass is 260 g/mol. The van der Waals surface area contributed by atoms with Crippen molar-refractivity contribution in [2.75, 3.05) is 6.26 Å². The molecular formula is C14H12O3S. The molecular weight excluding hydrogens is 248 g/mol. The largest absolute Gasteiger partial charge is 0.233 e. The summed E-state index contributed by atoms with van der Waals surface area (Å²) in [5.74, 6) is 1.93. The molecule has 0 unspecified atom stereocenters. The number of benzene rings is 1. The zero-order valence-corrected chi connectivity index (χ0v) is 10.7. The normalized spacial score (nSPS) is 15.2. The summed E-state index contributed by atoms with van der Waals surface area (Å²) in [7, 11) is -3.19. The van der Waals surface area contributed by atoms with Gasteiger partial charge < -0.3 is 0 Å². The fourth-order valence-electron chi connectivity index (χ4n) is 1.81. The average Bonchev–Trinajstić information content (AvgIpc) is 2.38. The van der Waals surface area contributed by atoms with E-state index in [9.17, 15) is 13.2 Å². The molecule has 0 bridgehead atoms. The SMILES string of the molecule is CS(=O)(=O)c1ccc(C2=CC=CCC2=C=O)cc1. The maximum Gasteiger partial charge on any atom is 0.175 e. The molecule has 1 aliphatic carbocycles. The molecule has 0 heterocycles. The molecule has 3 nitrogen and oxygen atoms in total. The first kappa shape index (κ1) is 12.6. The number of rotatable bonds is 2. The lowest BCUT2D eigenvalue weighted by Gasteiger charge is -2.10. The minimum absolute atomic E-state index is 0.273. The van der Waals surface area contributed by atoms with E-state index in [1.807, 2.05) is 24.2 Å². The van der Waals surface area contributed by atoms with Gasteiger partial charge in [0.15, 0.2) is 9.84 Å². The predicted molar refractivity (Wildman–Crippen MR) is 70.5 cm³/mol. The predicted octanol–water partition coefficient (Wildman–Crippen LogP) is 2.19. The smallest absolute Gasteiger partial charge is 0.175 e. The van der Waals surface area contributed by atoms with E-state index >= 15 is 0 Å². The minimum Gasteiger partial charge on any atom is -0.233 e. The van der Waals surface area contributed by atoms with E-state index in [1.54, 1.807) is 24.3 Å². The van der Waals surface area contributed by atoms with Crippen molar-refractivity contribution in [2.24, 2.45) is 0 Å². The topological polar surface area (TPSA) is 51.2 Å². The highest BCUT2D eigenvalue weighted by molar-refractivity contribution is 7.90. The summed E-state index contributed by atoms with van der Waals surface area (Å²) in [4.78, 5) is 11.1. The van der Waals surface area contributed by atoms with Crippen molar-refractivity contribution in [1.82, 2.24) is 0 Å². The van der Waals surface area contributed by atoms with Crippen molar-refractivity contribution < 1.29 is 13.2 Å². The fourth-order valence-corrected chi connectivity index (χ4v) is 2.44. The van der Waals surface area contributed by atoms with Crippen LogP contribution in [0.1, 0.15) is 12.0 Å². The molecule has 92 valence electrons. The fraction of sp³-hybridized carbons (Fsp3) is 0.143. The first-order chi connectivity index (χ1) is 8.52. The Hall–Kier alpha value is -1.90. The number of sulfone groups is 1. The Bertz CT molecular complexity index is 670. The van der Waals surface area contributed by atoms with Crippen molar-refractivity contribution in [3.63, 3.8) is 0 Å². The zero-order valence-electron chi connectivity index (χ0n) is 9.88. The van der Waals surface area contributed by atoms with Crippen LogP contribution in [0.4, 0.5) is 0 Å². The second-order valence-electron chi connectivity index (χ2n) is 4.09. The molecule has 0 radical (unpaired) electrons. The highest BCUT2D eigenvalue weighted by atomic mass is 32.2.